The van der Waals surface area contributed by atoms with E-state index in [0.717, 1.165) is 0 Å². The average molecular weight is 602 g/mol. The van der Waals surface area contributed by atoms with Gasteiger partial charge in [0.15, 0.2) is 0 Å². The van der Waals surface area contributed by atoms with Crippen LogP contribution in [0.1, 0.15) is 39.7 Å². The van der Waals surface area contributed by atoms with Gasteiger partial charge < -0.3 is 0 Å². The Hall–Kier alpha value is 2.30. The standard InChI is InChI=1S/C27H21.3Rb/c1-21-17-19-25(20-18-21)27(24-15-9-4-10-16-24)26(22-11-5-2-6-12-22)23-13-7-3-8-14-23;;;/h5-20,26-27H,1H3;;;/q-3;3*+1. The summed E-state index contributed by atoms with van der Waals surface area (Å²) in [4.78, 5) is 0. The molecule has 0 radical (unpaired) electrons. The van der Waals surface area contributed by atoms with Gasteiger partial charge in [0.2, 0.25) is 0 Å². The average Bonchev–Trinajstić information content (AvgIpc) is 2.75. The van der Waals surface area contributed by atoms with E-state index in [2.05, 4.69) is 85.8 Å². The van der Waals surface area contributed by atoms with Gasteiger partial charge in [0.25, 0.3) is 0 Å². The van der Waals surface area contributed by atoms with Crippen LogP contribution in [0.15, 0.2) is 97.1 Å². The summed E-state index contributed by atoms with van der Waals surface area (Å²) in [5, 5.41) is 0. The van der Waals surface area contributed by atoms with Crippen molar-refractivity contribution in [3.63, 3.8) is 0 Å². The van der Waals surface area contributed by atoms with Crippen LogP contribution < -0.4 is 175 Å². The zero-order chi connectivity index (χ0) is 18.5. The molecule has 0 spiro atoms. The molecule has 0 aliphatic rings. The zero-order valence-corrected chi connectivity index (χ0v) is 33.1. The fourth-order valence-electron chi connectivity index (χ4n) is 3.75. The van der Waals surface area contributed by atoms with Gasteiger partial charge in [-0.15, -0.1) is 5.56 Å². The van der Waals surface area contributed by atoms with Gasteiger partial charge in [-0.3, -0.25) is 0 Å². The minimum atomic E-state index is 0. The first-order valence-corrected chi connectivity index (χ1v) is 9.27. The molecular weight excluding hydrogens is 581 g/mol. The van der Waals surface area contributed by atoms with Crippen LogP contribution in [-0.4, -0.2) is 0 Å². The summed E-state index contributed by atoms with van der Waals surface area (Å²) in [6.45, 7) is 2.13. The van der Waals surface area contributed by atoms with E-state index in [1.165, 1.54) is 27.8 Å². The number of hydrogen-bond donors (Lipinski definition) is 0. The van der Waals surface area contributed by atoms with Crippen LogP contribution in [0.25, 0.3) is 0 Å². The van der Waals surface area contributed by atoms with Gasteiger partial charge in [0.05, 0.1) is 0 Å². The number of benzene rings is 4. The summed E-state index contributed by atoms with van der Waals surface area (Å²) in [7, 11) is 0. The summed E-state index contributed by atoms with van der Waals surface area (Å²) in [6.07, 6.45) is 0. The van der Waals surface area contributed by atoms with E-state index in [-0.39, 0.29) is 186 Å². The van der Waals surface area contributed by atoms with Crippen molar-refractivity contribution in [2.45, 2.75) is 18.8 Å². The largest absolute Gasteiger partial charge is 1.00 e. The Kier molecular flexibility index (Phi) is 16.2. The first-order chi connectivity index (χ1) is 13.3. The van der Waals surface area contributed by atoms with Gasteiger partial charge in [0.1, 0.15) is 0 Å². The maximum atomic E-state index is 3.16. The Balaban J connectivity index is 0.00000150. The normalized spacial score (nSPS) is 10.9. The monoisotopic (exact) mass is 600 g/mol. The molecule has 0 amide bonds. The molecule has 0 bridgehead atoms. The zero-order valence-electron chi connectivity index (χ0n) is 18.4. The number of rotatable bonds is 5. The predicted molar refractivity (Wildman–Crippen MR) is 111 cm³/mol. The van der Waals surface area contributed by atoms with E-state index in [0.29, 0.717) is 0 Å². The Labute approximate surface area is 328 Å². The van der Waals surface area contributed by atoms with Crippen molar-refractivity contribution in [3.8, 4) is 0 Å². The maximum absolute atomic E-state index is 3.16. The Bertz CT molecular complexity index is 929. The fourth-order valence-corrected chi connectivity index (χ4v) is 3.75. The van der Waals surface area contributed by atoms with Crippen LogP contribution in [0.5, 0.6) is 0 Å². The molecule has 0 saturated heterocycles. The topological polar surface area (TPSA) is 0 Å². The summed E-state index contributed by atoms with van der Waals surface area (Å²) in [5.74, 6) is 0.421. The van der Waals surface area contributed by atoms with Gasteiger partial charge >= 0.3 is 175 Å². The van der Waals surface area contributed by atoms with Crippen LogP contribution in [-0.2, 0) is 0 Å². The molecule has 1 unspecified atom stereocenters. The second-order valence-electron chi connectivity index (χ2n) is 6.87. The third-order valence-corrected chi connectivity index (χ3v) is 5.08. The van der Waals surface area contributed by atoms with Gasteiger partial charge in [-0.1, -0.05) is 29.8 Å². The predicted octanol–water partition coefficient (Wildman–Crippen LogP) is -2.63. The molecular formula is C27H21Rb3. The molecule has 0 saturated carbocycles. The fraction of sp³-hybridized carbons (Fsp3) is 0.111. The Morgan fingerprint density at radius 3 is 1.00 bits per heavy atom. The van der Waals surface area contributed by atoms with Crippen molar-refractivity contribution in [1.29, 1.82) is 0 Å². The molecule has 0 aliphatic carbocycles. The molecule has 0 aliphatic heterocycles. The number of hydrogen-bond acceptors (Lipinski definition) is 0. The van der Waals surface area contributed by atoms with Crippen molar-refractivity contribution in [2.24, 2.45) is 0 Å². The molecule has 3 heteroatoms. The van der Waals surface area contributed by atoms with Gasteiger partial charge in [-0.05, 0) is 24.3 Å². The minimum absolute atomic E-state index is 0. The van der Waals surface area contributed by atoms with Crippen LogP contribution in [0.4, 0.5) is 0 Å². The summed E-state index contributed by atoms with van der Waals surface area (Å²) < 4.78 is 0. The van der Waals surface area contributed by atoms with Crippen LogP contribution >= 0.6 is 0 Å². The molecule has 4 rings (SSSR count). The Morgan fingerprint density at radius 1 is 0.433 bits per heavy atom. The number of aryl methyl sites for hydroxylation is 1. The molecule has 0 aromatic heterocycles. The summed E-state index contributed by atoms with van der Waals surface area (Å²) >= 11 is 0. The molecule has 4 aromatic rings. The van der Waals surface area contributed by atoms with Gasteiger partial charge in [0, 0.05) is 0 Å². The molecule has 30 heavy (non-hydrogen) atoms. The van der Waals surface area contributed by atoms with Crippen LogP contribution in [0.3, 0.4) is 0 Å². The van der Waals surface area contributed by atoms with Crippen molar-refractivity contribution < 1.29 is 175 Å². The second-order valence-corrected chi connectivity index (χ2v) is 6.87. The maximum Gasteiger partial charge on any atom is 1.00 e. The van der Waals surface area contributed by atoms with E-state index >= 15 is 0 Å². The van der Waals surface area contributed by atoms with E-state index in [4.69, 9.17) is 0 Å². The first-order valence-electron chi connectivity index (χ1n) is 9.27. The second kappa shape index (κ2) is 16.1. The van der Waals surface area contributed by atoms with Gasteiger partial charge in [-0.2, -0.15) is 102 Å². The van der Waals surface area contributed by atoms with Gasteiger partial charge in [-0.25, -0.2) is 0 Å². The molecule has 4 aromatic carbocycles. The third kappa shape index (κ3) is 8.20. The van der Waals surface area contributed by atoms with Crippen LogP contribution in [0.2, 0.25) is 0 Å². The minimum Gasteiger partial charge on any atom is -0.184 e. The Morgan fingerprint density at radius 2 is 0.700 bits per heavy atom. The molecule has 132 valence electrons. The summed E-state index contributed by atoms with van der Waals surface area (Å²) in [6, 6.07) is 43.5. The van der Waals surface area contributed by atoms with Crippen LogP contribution in [0, 0.1) is 25.1 Å². The molecule has 0 heterocycles. The van der Waals surface area contributed by atoms with E-state index < -0.39 is 0 Å². The van der Waals surface area contributed by atoms with Crippen molar-refractivity contribution in [3.05, 3.63) is 143 Å². The molecule has 0 N–H and O–H groups in total. The molecule has 1 atom stereocenters. The van der Waals surface area contributed by atoms with Crippen molar-refractivity contribution in [1.82, 2.24) is 0 Å². The smallest absolute Gasteiger partial charge is 0.184 e. The third-order valence-electron chi connectivity index (χ3n) is 5.08. The first kappa shape index (κ1) is 30.3. The molecule has 0 fully saturated rings. The van der Waals surface area contributed by atoms with E-state index in [1.54, 1.807) is 0 Å². The van der Waals surface area contributed by atoms with Crippen molar-refractivity contribution >= 4 is 0 Å². The van der Waals surface area contributed by atoms with E-state index in [9.17, 15) is 0 Å². The summed E-state index contributed by atoms with van der Waals surface area (Å²) in [5.41, 5.74) is 6.47. The molecule has 0 nitrogen and oxygen atoms in total. The van der Waals surface area contributed by atoms with Crippen molar-refractivity contribution in [2.75, 3.05) is 0 Å². The SMILES string of the molecule is Cc1ccc(C(c2cc[c-]cc2)C(c2cc[c-]cc2)c2cc[c-]cc2)cc1.[Rb+].[Rb+].[Rb+]. The van der Waals surface area contributed by atoms with E-state index in [1.807, 2.05) is 36.4 Å². The quantitative estimate of drug-likeness (QED) is 0.220.